The van der Waals surface area contributed by atoms with Gasteiger partial charge in [-0.2, -0.15) is 0 Å². The number of para-hydroxylation sites is 1. The van der Waals surface area contributed by atoms with Gasteiger partial charge in [0, 0.05) is 35.9 Å². The van der Waals surface area contributed by atoms with Gasteiger partial charge in [0.2, 0.25) is 0 Å². The zero-order chi connectivity index (χ0) is 19.7. The smallest absolute Gasteiger partial charge is 0.270 e. The minimum absolute atomic E-state index is 0.157. The number of nitro groups is 1. The summed E-state index contributed by atoms with van der Waals surface area (Å²) in [6.45, 7) is 2.24. The monoisotopic (exact) mass is 380 g/mol. The first-order valence-electron chi connectivity index (χ1n) is 9.82. The Labute approximate surface area is 164 Å². The van der Waals surface area contributed by atoms with Crippen LogP contribution in [0.2, 0.25) is 0 Å². The Bertz CT molecular complexity index is 1010. The average Bonchev–Trinajstić information content (AvgIpc) is 3.07. The summed E-state index contributed by atoms with van der Waals surface area (Å²) in [5, 5.41) is 14.6. The van der Waals surface area contributed by atoms with Crippen molar-refractivity contribution in [2.24, 2.45) is 0 Å². The highest BCUT2D eigenvalue weighted by Gasteiger charge is 2.29. The average molecular weight is 380 g/mol. The number of fused-ring (bicyclic) bond motifs is 3. The van der Waals surface area contributed by atoms with Crippen molar-refractivity contribution in [3.05, 3.63) is 69.4 Å². The van der Waals surface area contributed by atoms with Crippen LogP contribution in [0, 0.1) is 10.1 Å². The number of methoxy groups -OCH3 is 1. The summed E-state index contributed by atoms with van der Waals surface area (Å²) in [5.41, 5.74) is 4.85. The van der Waals surface area contributed by atoms with E-state index >= 15 is 0 Å². The van der Waals surface area contributed by atoms with E-state index in [4.69, 9.17) is 4.74 Å². The van der Waals surface area contributed by atoms with Crippen LogP contribution < -0.4 is 10.1 Å². The van der Waals surface area contributed by atoms with Gasteiger partial charge in [-0.3, -0.25) is 10.1 Å². The van der Waals surface area contributed by atoms with Crippen LogP contribution in [0.5, 0.6) is 5.75 Å². The first kappa shape index (κ1) is 18.5. The highest BCUT2D eigenvalue weighted by molar-refractivity contribution is 5.87. The third-order valence-electron chi connectivity index (χ3n) is 5.74. The molecular formula is C22H26N3O3+. The molecule has 28 heavy (non-hydrogen) atoms. The topological polar surface area (TPSA) is 84.8 Å². The van der Waals surface area contributed by atoms with Crippen LogP contribution in [0.4, 0.5) is 5.69 Å². The molecule has 0 fully saturated rings. The number of nitrogens with zero attached hydrogens (tertiary/aromatic N) is 1. The standard InChI is InChI=1S/C22H25N3O3/c1-14(12-15-6-3-4-9-21(15)28-2)23-20-8-5-7-17-18-13-16(25(26)27)10-11-19(18)24-22(17)20/h3-4,6,9-11,13-14,20,23-24H,5,7-8,12H2,1-2H3/p+1/t14-,20+/m0/s1. The number of nitrogens with two attached hydrogens (primary N) is 1. The zero-order valence-electron chi connectivity index (χ0n) is 16.3. The third kappa shape index (κ3) is 3.47. The molecule has 0 spiro atoms. The molecule has 6 nitrogen and oxygen atoms in total. The lowest BCUT2D eigenvalue weighted by atomic mass is 9.91. The molecule has 2 atom stereocenters. The molecular weight excluding hydrogens is 354 g/mol. The second kappa shape index (κ2) is 7.64. The molecule has 6 heteroatoms. The molecule has 0 unspecified atom stereocenters. The Balaban J connectivity index is 1.57. The first-order chi connectivity index (χ1) is 13.6. The lowest BCUT2D eigenvalue weighted by Gasteiger charge is -2.24. The molecule has 1 aliphatic rings. The number of rotatable bonds is 6. The molecule has 1 heterocycles. The van der Waals surface area contributed by atoms with Gasteiger partial charge >= 0.3 is 0 Å². The highest BCUT2D eigenvalue weighted by atomic mass is 16.6. The van der Waals surface area contributed by atoms with Gasteiger partial charge in [0.15, 0.2) is 0 Å². The predicted octanol–water partition coefficient (Wildman–Crippen LogP) is 3.66. The van der Waals surface area contributed by atoms with Crippen molar-refractivity contribution >= 4 is 16.6 Å². The van der Waals surface area contributed by atoms with E-state index in [1.54, 1.807) is 19.2 Å². The number of nitrogens with one attached hydrogen (secondary N) is 1. The molecule has 146 valence electrons. The molecule has 2 aromatic carbocycles. The van der Waals surface area contributed by atoms with Crippen LogP contribution in [0.3, 0.4) is 0 Å². The van der Waals surface area contributed by atoms with Gasteiger partial charge in [-0.05, 0) is 43.0 Å². The van der Waals surface area contributed by atoms with Gasteiger partial charge in [0.05, 0.1) is 23.8 Å². The lowest BCUT2D eigenvalue weighted by molar-refractivity contribution is -0.726. The number of H-pyrrole nitrogens is 1. The Morgan fingerprint density at radius 1 is 1.32 bits per heavy atom. The molecule has 3 aromatic rings. The van der Waals surface area contributed by atoms with Crippen molar-refractivity contribution in [3.63, 3.8) is 0 Å². The molecule has 0 radical (unpaired) electrons. The fraction of sp³-hybridized carbons (Fsp3) is 0.364. The predicted molar refractivity (Wildman–Crippen MR) is 109 cm³/mol. The molecule has 0 bridgehead atoms. The number of benzene rings is 2. The number of hydrogen-bond acceptors (Lipinski definition) is 3. The van der Waals surface area contributed by atoms with Crippen molar-refractivity contribution in [2.45, 2.75) is 44.7 Å². The highest BCUT2D eigenvalue weighted by Crippen LogP contribution is 2.34. The van der Waals surface area contributed by atoms with E-state index < -0.39 is 0 Å². The largest absolute Gasteiger partial charge is 0.496 e. The number of nitro benzene ring substituents is 1. The van der Waals surface area contributed by atoms with Crippen molar-refractivity contribution in [1.29, 1.82) is 0 Å². The first-order valence-corrected chi connectivity index (χ1v) is 9.82. The van der Waals surface area contributed by atoms with Crippen molar-refractivity contribution < 1.29 is 15.0 Å². The fourth-order valence-electron chi connectivity index (χ4n) is 4.47. The second-order valence-corrected chi connectivity index (χ2v) is 7.69. The molecule has 3 N–H and O–H groups in total. The minimum atomic E-state index is -0.319. The molecule has 4 rings (SSSR count). The Morgan fingerprint density at radius 3 is 2.93 bits per heavy atom. The molecule has 0 saturated heterocycles. The van der Waals surface area contributed by atoms with E-state index in [0.717, 1.165) is 42.3 Å². The summed E-state index contributed by atoms with van der Waals surface area (Å²) in [5.74, 6) is 0.935. The summed E-state index contributed by atoms with van der Waals surface area (Å²) in [7, 11) is 1.71. The van der Waals surface area contributed by atoms with E-state index in [0.29, 0.717) is 12.1 Å². The second-order valence-electron chi connectivity index (χ2n) is 7.69. The number of ether oxygens (including phenoxy) is 1. The van der Waals surface area contributed by atoms with Crippen LogP contribution in [-0.2, 0) is 12.8 Å². The summed E-state index contributed by atoms with van der Waals surface area (Å²) < 4.78 is 5.49. The maximum atomic E-state index is 11.1. The van der Waals surface area contributed by atoms with E-state index in [1.165, 1.54) is 16.8 Å². The van der Waals surface area contributed by atoms with Gasteiger partial charge in [-0.25, -0.2) is 0 Å². The minimum Gasteiger partial charge on any atom is -0.496 e. The molecule has 1 aromatic heterocycles. The number of hydrogen-bond donors (Lipinski definition) is 2. The summed E-state index contributed by atoms with van der Waals surface area (Å²) in [4.78, 5) is 14.4. The number of aromatic amines is 1. The van der Waals surface area contributed by atoms with Gasteiger partial charge in [0.25, 0.3) is 5.69 Å². The lowest BCUT2D eigenvalue weighted by Crippen LogP contribution is -2.90. The van der Waals surface area contributed by atoms with E-state index in [2.05, 4.69) is 23.3 Å². The Morgan fingerprint density at radius 2 is 2.14 bits per heavy atom. The number of aromatic nitrogens is 1. The van der Waals surface area contributed by atoms with Crippen LogP contribution in [0.1, 0.15) is 42.6 Å². The van der Waals surface area contributed by atoms with Gasteiger partial charge in [0.1, 0.15) is 11.8 Å². The Kier molecular flexibility index (Phi) is 5.05. The normalized spacial score (nSPS) is 17.3. The molecule has 0 amide bonds. The molecule has 0 saturated carbocycles. The molecule has 1 aliphatic carbocycles. The van der Waals surface area contributed by atoms with Crippen molar-refractivity contribution in [2.75, 3.05) is 7.11 Å². The van der Waals surface area contributed by atoms with Crippen molar-refractivity contribution in [1.82, 2.24) is 4.98 Å². The number of aryl methyl sites for hydroxylation is 1. The van der Waals surface area contributed by atoms with Gasteiger partial charge < -0.3 is 15.0 Å². The van der Waals surface area contributed by atoms with E-state index in [9.17, 15) is 10.1 Å². The summed E-state index contributed by atoms with van der Waals surface area (Å²) >= 11 is 0. The maximum absolute atomic E-state index is 11.1. The Hall–Kier alpha value is -2.86. The SMILES string of the molecule is COc1ccccc1C[C@H](C)[NH2+][C@@H]1CCCc2c1[nH]c1ccc([N+](=O)[O-])cc21. The zero-order valence-corrected chi connectivity index (χ0v) is 16.3. The molecule has 0 aliphatic heterocycles. The quantitative estimate of drug-likeness (QED) is 0.506. The summed E-state index contributed by atoms with van der Waals surface area (Å²) in [6.07, 6.45) is 4.12. The van der Waals surface area contributed by atoms with Gasteiger partial charge in [-0.1, -0.05) is 18.2 Å². The van der Waals surface area contributed by atoms with Crippen LogP contribution in [0.15, 0.2) is 42.5 Å². The number of quaternary nitrogens is 1. The third-order valence-corrected chi connectivity index (χ3v) is 5.74. The fourth-order valence-corrected chi connectivity index (χ4v) is 4.47. The van der Waals surface area contributed by atoms with E-state index in [1.807, 2.05) is 24.3 Å². The van der Waals surface area contributed by atoms with Crippen molar-refractivity contribution in [3.8, 4) is 5.75 Å². The van der Waals surface area contributed by atoms with Gasteiger partial charge in [-0.15, -0.1) is 0 Å². The van der Waals surface area contributed by atoms with Crippen LogP contribution >= 0.6 is 0 Å². The van der Waals surface area contributed by atoms with Crippen LogP contribution in [0.25, 0.3) is 10.9 Å². The number of non-ortho nitro benzene ring substituents is 1. The summed E-state index contributed by atoms with van der Waals surface area (Å²) in [6, 6.07) is 14.0. The van der Waals surface area contributed by atoms with E-state index in [-0.39, 0.29) is 10.6 Å². The van der Waals surface area contributed by atoms with Crippen LogP contribution in [-0.4, -0.2) is 23.1 Å². The maximum Gasteiger partial charge on any atom is 0.270 e.